The molecule has 0 atom stereocenters. The highest BCUT2D eigenvalue weighted by molar-refractivity contribution is 6.76. The molecule has 0 aliphatic carbocycles. The molecule has 0 amide bonds. The molecule has 2 heterocycles. The zero-order valence-corrected chi connectivity index (χ0v) is 13.2. The first-order valence-corrected chi connectivity index (χ1v) is 10.4. The molecule has 0 unspecified atom stereocenters. The second-order valence-electron chi connectivity index (χ2n) is 5.83. The summed E-state index contributed by atoms with van der Waals surface area (Å²) in [7, 11) is -1.05. The largest absolute Gasteiger partial charge is 0.505 e. The van der Waals surface area contributed by atoms with E-state index in [-0.39, 0.29) is 5.75 Å². The van der Waals surface area contributed by atoms with Gasteiger partial charge in [0, 0.05) is 26.3 Å². The van der Waals surface area contributed by atoms with E-state index < -0.39 is 8.07 Å². The molecule has 2 aromatic rings. The van der Waals surface area contributed by atoms with Gasteiger partial charge in [0.1, 0.15) is 12.4 Å². The van der Waals surface area contributed by atoms with Gasteiger partial charge in [-0.05, 0) is 12.1 Å². The fourth-order valence-electron chi connectivity index (χ4n) is 1.74. The van der Waals surface area contributed by atoms with Gasteiger partial charge >= 0.3 is 0 Å². The molecule has 0 spiro atoms. The predicted octanol–water partition coefficient (Wildman–Crippen LogP) is 3.71. The Labute approximate surface area is 119 Å². The number of pyridine rings is 1. The van der Waals surface area contributed by atoms with E-state index in [1.165, 1.54) is 6.20 Å². The summed E-state index contributed by atoms with van der Waals surface area (Å²) in [5.41, 5.74) is 0.732. The molecule has 1 N–H and O–H groups in total. The molecule has 4 nitrogen and oxygen atoms in total. The summed E-state index contributed by atoms with van der Waals surface area (Å²) >= 11 is 6.02. The molecular weight excluding hydrogens is 280 g/mol. The molecule has 104 valence electrons. The highest BCUT2D eigenvalue weighted by Crippen LogP contribution is 2.30. The summed E-state index contributed by atoms with van der Waals surface area (Å²) in [6.07, 6.45) is 3.24. The second kappa shape index (κ2) is 5.52. The topological polar surface area (TPSA) is 47.3 Å². The standard InChI is InChI=1S/C13H19ClN2O2Si/c1-19(2,3)7-6-18-9-16-5-4-10-12(14)11(17)8-15-13(10)16/h4-5,8,17H,6-7,9H2,1-3H3. The van der Waals surface area contributed by atoms with E-state index in [0.717, 1.165) is 23.7 Å². The molecule has 2 rings (SSSR count). The minimum Gasteiger partial charge on any atom is -0.505 e. The molecule has 0 aromatic carbocycles. The number of aromatic hydroxyl groups is 1. The number of fused-ring (bicyclic) bond motifs is 1. The summed E-state index contributed by atoms with van der Waals surface area (Å²) in [5.74, 6) is 0.00608. The highest BCUT2D eigenvalue weighted by atomic mass is 35.5. The molecule has 19 heavy (non-hydrogen) atoms. The maximum atomic E-state index is 9.50. The van der Waals surface area contributed by atoms with Crippen molar-refractivity contribution in [2.45, 2.75) is 32.4 Å². The number of hydrogen-bond donors (Lipinski definition) is 1. The molecule has 0 aliphatic rings. The van der Waals surface area contributed by atoms with Crippen molar-refractivity contribution in [2.75, 3.05) is 6.61 Å². The summed E-state index contributed by atoms with van der Waals surface area (Å²) < 4.78 is 7.58. The maximum absolute atomic E-state index is 9.50. The minimum absolute atomic E-state index is 0.00608. The van der Waals surface area contributed by atoms with Gasteiger partial charge in [-0.25, -0.2) is 4.98 Å². The summed E-state index contributed by atoms with van der Waals surface area (Å²) in [6.45, 7) is 8.20. The van der Waals surface area contributed by atoms with E-state index in [4.69, 9.17) is 16.3 Å². The van der Waals surface area contributed by atoms with Crippen LogP contribution in [0, 0.1) is 0 Å². The van der Waals surface area contributed by atoms with Gasteiger partial charge in [0.2, 0.25) is 0 Å². The lowest BCUT2D eigenvalue weighted by atomic mass is 10.3. The number of halogens is 1. The van der Waals surface area contributed by atoms with Crippen molar-refractivity contribution in [3.63, 3.8) is 0 Å². The first kappa shape index (κ1) is 14.4. The van der Waals surface area contributed by atoms with Crippen LogP contribution < -0.4 is 0 Å². The van der Waals surface area contributed by atoms with Gasteiger partial charge in [0.15, 0.2) is 5.75 Å². The van der Waals surface area contributed by atoms with Crippen LogP contribution in [0.25, 0.3) is 11.0 Å². The van der Waals surface area contributed by atoms with Crippen molar-refractivity contribution >= 4 is 30.7 Å². The van der Waals surface area contributed by atoms with Crippen molar-refractivity contribution < 1.29 is 9.84 Å². The van der Waals surface area contributed by atoms with Crippen molar-refractivity contribution in [1.29, 1.82) is 0 Å². The molecule has 0 radical (unpaired) electrons. The molecule has 0 saturated heterocycles. The summed E-state index contributed by atoms with van der Waals surface area (Å²) in [6, 6.07) is 2.98. The van der Waals surface area contributed by atoms with Crippen LogP contribution >= 0.6 is 11.6 Å². The Morgan fingerprint density at radius 3 is 2.84 bits per heavy atom. The van der Waals surface area contributed by atoms with Gasteiger partial charge < -0.3 is 14.4 Å². The predicted molar refractivity (Wildman–Crippen MR) is 80.5 cm³/mol. The van der Waals surface area contributed by atoms with E-state index in [9.17, 15) is 5.11 Å². The van der Waals surface area contributed by atoms with Crippen LogP contribution in [0.1, 0.15) is 0 Å². The summed E-state index contributed by atoms with van der Waals surface area (Å²) in [4.78, 5) is 4.19. The third-order valence-corrected chi connectivity index (χ3v) is 5.03. The summed E-state index contributed by atoms with van der Waals surface area (Å²) in [5, 5.41) is 10.6. The van der Waals surface area contributed by atoms with E-state index in [1.54, 1.807) is 0 Å². The van der Waals surface area contributed by atoms with Gasteiger partial charge in [-0.3, -0.25) is 0 Å². The third-order valence-electron chi connectivity index (χ3n) is 2.93. The Bertz CT molecular complexity index is 578. The number of rotatable bonds is 5. The average Bonchev–Trinajstić information content (AvgIpc) is 2.72. The number of aromatic nitrogens is 2. The molecule has 0 bridgehead atoms. The fraction of sp³-hybridized carbons (Fsp3) is 0.462. The average molecular weight is 299 g/mol. The lowest BCUT2D eigenvalue weighted by Crippen LogP contribution is -2.22. The minimum atomic E-state index is -1.05. The molecule has 2 aromatic heterocycles. The smallest absolute Gasteiger partial charge is 0.153 e. The van der Waals surface area contributed by atoms with E-state index >= 15 is 0 Å². The Morgan fingerprint density at radius 2 is 2.16 bits per heavy atom. The maximum Gasteiger partial charge on any atom is 0.153 e. The third kappa shape index (κ3) is 3.49. The Kier molecular flexibility index (Phi) is 4.18. The van der Waals surface area contributed by atoms with Crippen LogP contribution in [0.5, 0.6) is 5.75 Å². The van der Waals surface area contributed by atoms with Crippen LogP contribution in [0.3, 0.4) is 0 Å². The fourth-order valence-corrected chi connectivity index (χ4v) is 2.69. The number of ether oxygens (including phenoxy) is 1. The van der Waals surface area contributed by atoms with Crippen molar-refractivity contribution in [1.82, 2.24) is 9.55 Å². The van der Waals surface area contributed by atoms with Crippen LogP contribution in [0.4, 0.5) is 0 Å². The normalized spacial score (nSPS) is 12.2. The number of hydrogen-bond acceptors (Lipinski definition) is 3. The lowest BCUT2D eigenvalue weighted by molar-refractivity contribution is 0.0899. The van der Waals surface area contributed by atoms with Gasteiger partial charge in [0.25, 0.3) is 0 Å². The Hall–Kier alpha value is -1.04. The number of nitrogens with zero attached hydrogens (tertiary/aromatic N) is 2. The molecule has 0 saturated carbocycles. The first-order chi connectivity index (χ1) is 8.88. The van der Waals surface area contributed by atoms with Crippen molar-refractivity contribution in [3.05, 3.63) is 23.5 Å². The van der Waals surface area contributed by atoms with Crippen LogP contribution in [-0.4, -0.2) is 29.3 Å². The lowest BCUT2D eigenvalue weighted by Gasteiger charge is -2.15. The van der Waals surface area contributed by atoms with Gasteiger partial charge in [0.05, 0.1) is 11.2 Å². The molecular formula is C13H19ClN2O2Si. The molecule has 0 aliphatic heterocycles. The van der Waals surface area contributed by atoms with E-state index in [1.807, 2.05) is 16.8 Å². The zero-order chi connectivity index (χ0) is 14.0. The van der Waals surface area contributed by atoms with Gasteiger partial charge in [-0.15, -0.1) is 0 Å². The second-order valence-corrected chi connectivity index (χ2v) is 11.8. The van der Waals surface area contributed by atoms with Crippen LogP contribution in [0.2, 0.25) is 30.7 Å². The van der Waals surface area contributed by atoms with Crippen molar-refractivity contribution in [2.24, 2.45) is 0 Å². The zero-order valence-electron chi connectivity index (χ0n) is 11.5. The Balaban J connectivity index is 2.04. The van der Waals surface area contributed by atoms with Crippen LogP contribution in [-0.2, 0) is 11.5 Å². The Morgan fingerprint density at radius 1 is 1.42 bits per heavy atom. The van der Waals surface area contributed by atoms with Crippen molar-refractivity contribution in [3.8, 4) is 5.75 Å². The highest BCUT2D eigenvalue weighted by Gasteiger charge is 2.13. The van der Waals surface area contributed by atoms with Gasteiger partial charge in [-0.2, -0.15) is 0 Å². The van der Waals surface area contributed by atoms with Crippen LogP contribution in [0.15, 0.2) is 18.5 Å². The van der Waals surface area contributed by atoms with Gasteiger partial charge in [-0.1, -0.05) is 31.2 Å². The first-order valence-electron chi connectivity index (χ1n) is 6.28. The van der Waals surface area contributed by atoms with E-state index in [0.29, 0.717) is 11.8 Å². The monoisotopic (exact) mass is 298 g/mol. The van der Waals surface area contributed by atoms with E-state index in [2.05, 4.69) is 24.6 Å². The molecule has 6 heteroatoms. The molecule has 0 fully saturated rings. The quantitative estimate of drug-likeness (QED) is 0.676. The SMILES string of the molecule is C[Si](C)(C)CCOCn1ccc2c(Cl)c(O)cnc21.